The first-order valence-electron chi connectivity index (χ1n) is 5.88. The minimum atomic E-state index is -4.54. The number of thioether (sulfide) groups is 1. The van der Waals surface area contributed by atoms with Crippen molar-refractivity contribution in [2.45, 2.75) is 25.9 Å². The maximum Gasteiger partial charge on any atom is 0.461 e. The van der Waals surface area contributed by atoms with E-state index in [2.05, 4.69) is 16.6 Å². The summed E-state index contributed by atoms with van der Waals surface area (Å²) in [7, 11) is 0. The van der Waals surface area contributed by atoms with Gasteiger partial charge < -0.3 is 4.74 Å². The fourth-order valence-corrected chi connectivity index (χ4v) is 1.74. The number of hydrogen-bond acceptors (Lipinski definition) is 3. The Morgan fingerprint density at radius 3 is 2.76 bits per heavy atom. The number of alkyl halides is 4. The molecule has 0 bridgehead atoms. The Labute approximate surface area is 123 Å². The van der Waals surface area contributed by atoms with E-state index in [9.17, 15) is 22.4 Å². The van der Waals surface area contributed by atoms with Gasteiger partial charge in [0.15, 0.2) is 5.12 Å². The molecule has 0 spiro atoms. The highest BCUT2D eigenvalue weighted by Crippen LogP contribution is 2.27. The highest BCUT2D eigenvalue weighted by molar-refractivity contribution is 8.13. The Kier molecular flexibility index (Phi) is 6.56. The molecule has 0 saturated carbocycles. The van der Waals surface area contributed by atoms with E-state index in [1.165, 1.54) is 13.0 Å². The van der Waals surface area contributed by atoms with Gasteiger partial charge in [-0.3, -0.25) is 4.79 Å². The molecular weight excluding hydrogens is 308 g/mol. The minimum absolute atomic E-state index is 0.0126. The molecule has 0 radical (unpaired) electrons. The van der Waals surface area contributed by atoms with Crippen LogP contribution in [0, 0.1) is 11.8 Å². The van der Waals surface area contributed by atoms with E-state index in [0.717, 1.165) is 23.9 Å². The van der Waals surface area contributed by atoms with E-state index in [1.807, 2.05) is 0 Å². The van der Waals surface area contributed by atoms with E-state index < -0.39 is 12.5 Å². The summed E-state index contributed by atoms with van der Waals surface area (Å²) in [4.78, 5) is 10.7. The number of ether oxygens (including phenoxy) is 1. The quantitative estimate of drug-likeness (QED) is 0.467. The molecule has 0 heterocycles. The Morgan fingerprint density at radius 2 is 2.14 bits per heavy atom. The standard InChI is InChI=1S/C14H12F4O2S/c1-10(19)21-8-3-2-5-11-6-4-7-12(9-11)20-14(17,18)13(15)16/h4,6-7,9,13H,3,8H2,1H3. The van der Waals surface area contributed by atoms with Gasteiger partial charge in [-0.05, 0) is 18.2 Å². The first-order chi connectivity index (χ1) is 9.81. The summed E-state index contributed by atoms with van der Waals surface area (Å²) in [5, 5.41) is -0.0126. The van der Waals surface area contributed by atoms with Crippen molar-refractivity contribution in [3.8, 4) is 17.6 Å². The lowest BCUT2D eigenvalue weighted by Gasteiger charge is -2.16. The summed E-state index contributed by atoms with van der Waals surface area (Å²) in [6.45, 7) is 1.45. The second kappa shape index (κ2) is 7.93. The summed E-state index contributed by atoms with van der Waals surface area (Å²) in [6, 6.07) is 5.22. The lowest BCUT2D eigenvalue weighted by Crippen LogP contribution is -2.33. The zero-order valence-electron chi connectivity index (χ0n) is 11.0. The molecule has 1 aromatic carbocycles. The van der Waals surface area contributed by atoms with Crippen LogP contribution < -0.4 is 4.74 Å². The molecule has 114 valence electrons. The molecule has 1 aromatic rings. The molecule has 21 heavy (non-hydrogen) atoms. The Bertz CT molecular complexity index is 549. The Hall–Kier alpha value is -1.68. The molecule has 0 N–H and O–H groups in total. The maximum absolute atomic E-state index is 12.7. The van der Waals surface area contributed by atoms with Crippen molar-refractivity contribution in [3.05, 3.63) is 29.8 Å². The van der Waals surface area contributed by atoms with Crippen LogP contribution in [-0.2, 0) is 4.79 Å². The highest BCUT2D eigenvalue weighted by Gasteiger charge is 2.43. The van der Waals surface area contributed by atoms with E-state index in [0.29, 0.717) is 17.7 Å². The molecule has 0 fully saturated rings. The van der Waals surface area contributed by atoms with Gasteiger partial charge in [0.2, 0.25) is 0 Å². The zero-order chi connectivity index (χ0) is 15.9. The first kappa shape index (κ1) is 17.4. The van der Waals surface area contributed by atoms with Crippen LogP contribution in [0.2, 0.25) is 0 Å². The van der Waals surface area contributed by atoms with Crippen molar-refractivity contribution in [1.82, 2.24) is 0 Å². The molecule has 0 aliphatic rings. The summed E-state index contributed by atoms with van der Waals surface area (Å²) in [5.74, 6) is 5.59. The summed E-state index contributed by atoms with van der Waals surface area (Å²) in [6.07, 6.45) is -8.00. The molecular formula is C14H12F4O2S. The molecule has 2 nitrogen and oxygen atoms in total. The van der Waals surface area contributed by atoms with Gasteiger partial charge >= 0.3 is 12.5 Å². The van der Waals surface area contributed by atoms with Crippen LogP contribution >= 0.6 is 11.8 Å². The van der Waals surface area contributed by atoms with Crippen LogP contribution in [0.15, 0.2) is 24.3 Å². The predicted molar refractivity (Wildman–Crippen MR) is 72.7 cm³/mol. The second-order valence-electron chi connectivity index (χ2n) is 3.88. The number of rotatable bonds is 5. The fraction of sp³-hybridized carbons (Fsp3) is 0.357. The lowest BCUT2D eigenvalue weighted by molar-refractivity contribution is -0.253. The normalized spacial score (nSPS) is 11.0. The van der Waals surface area contributed by atoms with Gasteiger partial charge in [0, 0.05) is 24.7 Å². The zero-order valence-corrected chi connectivity index (χ0v) is 11.9. The van der Waals surface area contributed by atoms with Crippen LogP contribution in [0.1, 0.15) is 18.9 Å². The van der Waals surface area contributed by atoms with Crippen molar-refractivity contribution in [1.29, 1.82) is 0 Å². The summed E-state index contributed by atoms with van der Waals surface area (Å²) < 4.78 is 53.5. The topological polar surface area (TPSA) is 26.3 Å². The van der Waals surface area contributed by atoms with Crippen molar-refractivity contribution in [2.75, 3.05) is 5.75 Å². The number of benzene rings is 1. The SMILES string of the molecule is CC(=O)SCCC#Cc1cccc(OC(F)(F)C(F)F)c1. The predicted octanol–water partition coefficient (Wildman–Crippen LogP) is 3.94. The second-order valence-corrected chi connectivity index (χ2v) is 5.16. The molecule has 0 aliphatic heterocycles. The minimum Gasteiger partial charge on any atom is -0.428 e. The van der Waals surface area contributed by atoms with Gasteiger partial charge in [-0.15, -0.1) is 0 Å². The summed E-state index contributed by atoms with van der Waals surface area (Å²) >= 11 is 1.13. The smallest absolute Gasteiger partial charge is 0.428 e. The van der Waals surface area contributed by atoms with Crippen LogP contribution in [0.3, 0.4) is 0 Å². The number of hydrogen-bond donors (Lipinski definition) is 0. The van der Waals surface area contributed by atoms with Gasteiger partial charge in [0.25, 0.3) is 0 Å². The van der Waals surface area contributed by atoms with E-state index in [4.69, 9.17) is 0 Å². The van der Waals surface area contributed by atoms with Crippen molar-refractivity contribution in [2.24, 2.45) is 0 Å². The Balaban J connectivity index is 2.65. The first-order valence-corrected chi connectivity index (χ1v) is 6.87. The third-order valence-corrected chi connectivity index (χ3v) is 2.92. The van der Waals surface area contributed by atoms with Gasteiger partial charge in [-0.2, -0.15) is 17.6 Å². The molecule has 0 atom stereocenters. The van der Waals surface area contributed by atoms with Crippen molar-refractivity contribution < 1.29 is 27.1 Å². The lowest BCUT2D eigenvalue weighted by atomic mass is 10.2. The Morgan fingerprint density at radius 1 is 1.43 bits per heavy atom. The summed E-state index contributed by atoms with van der Waals surface area (Å²) in [5.41, 5.74) is 0.366. The van der Waals surface area contributed by atoms with Crippen LogP contribution in [0.25, 0.3) is 0 Å². The number of carbonyl (C=O) groups is 1. The average molecular weight is 320 g/mol. The van der Waals surface area contributed by atoms with Gasteiger partial charge in [0.05, 0.1) is 0 Å². The van der Waals surface area contributed by atoms with Gasteiger partial charge in [-0.25, -0.2) is 0 Å². The highest BCUT2D eigenvalue weighted by atomic mass is 32.2. The molecule has 7 heteroatoms. The molecule has 0 aromatic heterocycles. The third-order valence-electron chi connectivity index (χ3n) is 2.11. The third kappa shape index (κ3) is 6.54. The fourth-order valence-electron chi connectivity index (χ4n) is 1.25. The van der Waals surface area contributed by atoms with Crippen LogP contribution in [0.4, 0.5) is 17.6 Å². The molecule has 0 unspecified atom stereocenters. The van der Waals surface area contributed by atoms with Crippen LogP contribution in [-0.4, -0.2) is 23.4 Å². The van der Waals surface area contributed by atoms with E-state index in [-0.39, 0.29) is 10.9 Å². The maximum atomic E-state index is 12.7. The van der Waals surface area contributed by atoms with Crippen molar-refractivity contribution >= 4 is 16.9 Å². The van der Waals surface area contributed by atoms with Crippen molar-refractivity contribution in [3.63, 3.8) is 0 Å². The number of halogens is 4. The van der Waals surface area contributed by atoms with E-state index >= 15 is 0 Å². The molecule has 1 rings (SSSR count). The monoisotopic (exact) mass is 320 g/mol. The van der Waals surface area contributed by atoms with Gasteiger partial charge in [0.1, 0.15) is 5.75 Å². The molecule has 0 saturated heterocycles. The molecule has 0 aliphatic carbocycles. The largest absolute Gasteiger partial charge is 0.461 e. The van der Waals surface area contributed by atoms with Crippen LogP contribution in [0.5, 0.6) is 5.75 Å². The molecule has 0 amide bonds. The average Bonchev–Trinajstić information content (AvgIpc) is 2.37. The van der Waals surface area contributed by atoms with Gasteiger partial charge in [-0.1, -0.05) is 29.7 Å². The number of carbonyl (C=O) groups excluding carboxylic acids is 1. The van der Waals surface area contributed by atoms with E-state index in [1.54, 1.807) is 6.07 Å².